The molecule has 0 saturated carbocycles. The van der Waals surface area contributed by atoms with E-state index in [-0.39, 0.29) is 0 Å². The number of anilines is 1. The topological polar surface area (TPSA) is 28.2 Å². The highest BCUT2D eigenvalue weighted by molar-refractivity contribution is 5.43. The smallest absolute Gasteiger partial charge is 0.129 e. The van der Waals surface area contributed by atoms with E-state index in [1.165, 1.54) is 11.1 Å². The Kier molecular flexibility index (Phi) is 4.97. The molecule has 1 aliphatic rings. The number of hydrogen-bond donors (Lipinski definition) is 1. The molecule has 0 atom stereocenters. The van der Waals surface area contributed by atoms with Gasteiger partial charge in [0.15, 0.2) is 0 Å². The van der Waals surface area contributed by atoms with Crippen molar-refractivity contribution in [1.29, 1.82) is 0 Å². The van der Waals surface area contributed by atoms with E-state index in [9.17, 15) is 0 Å². The predicted octanol–water partition coefficient (Wildman–Crippen LogP) is 2.98. The van der Waals surface area contributed by atoms with E-state index in [2.05, 4.69) is 54.2 Å². The first-order valence-corrected chi connectivity index (χ1v) is 7.21. The molecule has 0 saturated heterocycles. The van der Waals surface area contributed by atoms with Crippen LogP contribution in [0.15, 0.2) is 30.0 Å². The maximum atomic E-state index is 4.51. The third kappa shape index (κ3) is 4.35. The minimum atomic E-state index is 0.691. The second-order valence-corrected chi connectivity index (χ2v) is 5.81. The Bertz CT molecular complexity index is 437. The predicted molar refractivity (Wildman–Crippen MR) is 81.4 cm³/mol. The van der Waals surface area contributed by atoms with E-state index < -0.39 is 0 Å². The van der Waals surface area contributed by atoms with Crippen LogP contribution in [-0.2, 0) is 6.54 Å². The lowest BCUT2D eigenvalue weighted by molar-refractivity contribution is 0.552. The molecule has 0 unspecified atom stereocenters. The lowest BCUT2D eigenvalue weighted by Gasteiger charge is -2.27. The van der Waals surface area contributed by atoms with E-state index >= 15 is 0 Å². The molecule has 0 amide bonds. The zero-order chi connectivity index (χ0) is 13.7. The van der Waals surface area contributed by atoms with Crippen molar-refractivity contribution >= 4 is 5.82 Å². The van der Waals surface area contributed by atoms with E-state index in [0.717, 1.165) is 38.4 Å². The summed E-state index contributed by atoms with van der Waals surface area (Å²) in [6.07, 6.45) is 5.38. The Morgan fingerprint density at radius 2 is 2.26 bits per heavy atom. The van der Waals surface area contributed by atoms with Crippen LogP contribution in [0.2, 0.25) is 0 Å². The van der Waals surface area contributed by atoms with Crippen LogP contribution in [0, 0.1) is 5.92 Å². The van der Waals surface area contributed by atoms with Gasteiger partial charge in [-0.25, -0.2) is 4.98 Å². The quantitative estimate of drug-likeness (QED) is 0.824. The van der Waals surface area contributed by atoms with Gasteiger partial charge in [-0.1, -0.05) is 25.5 Å². The molecule has 3 heteroatoms. The van der Waals surface area contributed by atoms with Gasteiger partial charge in [-0.05, 0) is 43.5 Å². The van der Waals surface area contributed by atoms with Gasteiger partial charge in [0.1, 0.15) is 5.82 Å². The normalized spacial score (nSPS) is 15.8. The van der Waals surface area contributed by atoms with Crippen molar-refractivity contribution in [3.8, 4) is 0 Å². The molecular weight excluding hydrogens is 234 g/mol. The average molecular weight is 259 g/mol. The first kappa shape index (κ1) is 14.1. The fourth-order valence-corrected chi connectivity index (χ4v) is 2.36. The van der Waals surface area contributed by atoms with Gasteiger partial charge in [-0.3, -0.25) is 0 Å². The van der Waals surface area contributed by atoms with Crippen LogP contribution < -0.4 is 10.2 Å². The molecule has 2 rings (SSSR count). The highest BCUT2D eigenvalue weighted by Crippen LogP contribution is 2.18. The number of rotatable bonds is 5. The molecule has 2 heterocycles. The Balaban J connectivity index is 1.97. The molecule has 0 radical (unpaired) electrons. The molecular formula is C16H25N3. The SMILES string of the molecule is CC1=CCCN(c2cc(CNCC(C)C)ccn2)C1. The number of pyridine rings is 1. The second-order valence-electron chi connectivity index (χ2n) is 5.81. The van der Waals surface area contributed by atoms with Crippen molar-refractivity contribution in [3.05, 3.63) is 35.5 Å². The minimum absolute atomic E-state index is 0.691. The summed E-state index contributed by atoms with van der Waals surface area (Å²) in [6.45, 7) is 10.7. The highest BCUT2D eigenvalue weighted by Gasteiger charge is 2.12. The molecule has 104 valence electrons. The third-order valence-corrected chi connectivity index (χ3v) is 3.35. The number of aromatic nitrogens is 1. The summed E-state index contributed by atoms with van der Waals surface area (Å²) in [5.74, 6) is 1.80. The highest BCUT2D eigenvalue weighted by atomic mass is 15.2. The zero-order valence-corrected chi connectivity index (χ0v) is 12.3. The van der Waals surface area contributed by atoms with Crippen molar-refractivity contribution in [2.75, 3.05) is 24.5 Å². The molecule has 19 heavy (non-hydrogen) atoms. The molecule has 0 bridgehead atoms. The van der Waals surface area contributed by atoms with Gasteiger partial charge in [-0.2, -0.15) is 0 Å². The second kappa shape index (κ2) is 6.71. The molecule has 3 nitrogen and oxygen atoms in total. The van der Waals surface area contributed by atoms with Gasteiger partial charge in [0, 0.05) is 25.8 Å². The number of nitrogens with one attached hydrogen (secondary N) is 1. The molecule has 1 aromatic heterocycles. The van der Waals surface area contributed by atoms with Gasteiger partial charge in [0.2, 0.25) is 0 Å². The van der Waals surface area contributed by atoms with Crippen LogP contribution >= 0.6 is 0 Å². The molecule has 1 aromatic rings. The molecule has 0 spiro atoms. The summed E-state index contributed by atoms with van der Waals surface area (Å²) < 4.78 is 0. The van der Waals surface area contributed by atoms with Crippen LogP contribution in [0.4, 0.5) is 5.82 Å². The van der Waals surface area contributed by atoms with Gasteiger partial charge in [0.05, 0.1) is 0 Å². The molecule has 0 aliphatic carbocycles. The fourth-order valence-electron chi connectivity index (χ4n) is 2.36. The molecule has 1 aliphatic heterocycles. The Morgan fingerprint density at radius 1 is 1.42 bits per heavy atom. The largest absolute Gasteiger partial charge is 0.352 e. The van der Waals surface area contributed by atoms with E-state index in [0.29, 0.717) is 5.92 Å². The van der Waals surface area contributed by atoms with Gasteiger partial charge in [-0.15, -0.1) is 0 Å². The third-order valence-electron chi connectivity index (χ3n) is 3.35. The maximum Gasteiger partial charge on any atom is 0.129 e. The van der Waals surface area contributed by atoms with Crippen LogP contribution in [0.1, 0.15) is 32.8 Å². The summed E-state index contributed by atoms with van der Waals surface area (Å²) in [5.41, 5.74) is 2.76. The summed E-state index contributed by atoms with van der Waals surface area (Å²) in [4.78, 5) is 6.87. The van der Waals surface area contributed by atoms with Crippen molar-refractivity contribution in [1.82, 2.24) is 10.3 Å². The van der Waals surface area contributed by atoms with E-state index in [1.54, 1.807) is 0 Å². The summed E-state index contributed by atoms with van der Waals surface area (Å²) in [6, 6.07) is 4.31. The van der Waals surface area contributed by atoms with Crippen LogP contribution in [0.5, 0.6) is 0 Å². The van der Waals surface area contributed by atoms with E-state index in [1.807, 2.05) is 6.20 Å². The molecule has 0 aromatic carbocycles. The van der Waals surface area contributed by atoms with Crippen molar-refractivity contribution in [2.24, 2.45) is 5.92 Å². The Labute approximate surface area is 116 Å². The maximum absolute atomic E-state index is 4.51. The standard InChI is InChI=1S/C16H25N3/c1-13(2)10-17-11-15-6-7-18-16(9-15)19-8-4-5-14(3)12-19/h5-7,9,13,17H,4,8,10-12H2,1-3H3. The summed E-state index contributed by atoms with van der Waals surface area (Å²) in [5, 5.41) is 3.48. The zero-order valence-electron chi connectivity index (χ0n) is 12.3. The lowest BCUT2D eigenvalue weighted by atomic mass is 10.1. The van der Waals surface area contributed by atoms with Gasteiger partial charge >= 0.3 is 0 Å². The molecule has 0 fully saturated rings. The van der Waals surface area contributed by atoms with Crippen LogP contribution in [0.25, 0.3) is 0 Å². The van der Waals surface area contributed by atoms with Crippen LogP contribution in [-0.4, -0.2) is 24.6 Å². The number of hydrogen-bond acceptors (Lipinski definition) is 3. The van der Waals surface area contributed by atoms with Crippen LogP contribution in [0.3, 0.4) is 0 Å². The minimum Gasteiger partial charge on any atom is -0.352 e. The summed E-state index contributed by atoms with van der Waals surface area (Å²) >= 11 is 0. The lowest BCUT2D eigenvalue weighted by Crippen LogP contribution is -2.30. The summed E-state index contributed by atoms with van der Waals surface area (Å²) in [7, 11) is 0. The first-order valence-electron chi connectivity index (χ1n) is 7.21. The van der Waals surface area contributed by atoms with Gasteiger partial charge < -0.3 is 10.2 Å². The monoisotopic (exact) mass is 259 g/mol. The average Bonchev–Trinajstić information content (AvgIpc) is 2.39. The van der Waals surface area contributed by atoms with Gasteiger partial charge in [0.25, 0.3) is 0 Å². The van der Waals surface area contributed by atoms with Crippen molar-refractivity contribution in [2.45, 2.75) is 33.7 Å². The molecule has 1 N–H and O–H groups in total. The van der Waals surface area contributed by atoms with E-state index in [4.69, 9.17) is 0 Å². The number of nitrogens with zero attached hydrogens (tertiary/aromatic N) is 2. The fraction of sp³-hybridized carbons (Fsp3) is 0.562. The first-order chi connectivity index (χ1) is 9.15. The van der Waals surface area contributed by atoms with Crippen molar-refractivity contribution in [3.63, 3.8) is 0 Å². The van der Waals surface area contributed by atoms with Crippen molar-refractivity contribution < 1.29 is 0 Å². The Hall–Kier alpha value is -1.35. The Morgan fingerprint density at radius 3 is 3.00 bits per heavy atom.